The predicted molar refractivity (Wildman–Crippen MR) is 105 cm³/mol. The van der Waals surface area contributed by atoms with Crippen LogP contribution in [0.4, 0.5) is 0 Å². The van der Waals surface area contributed by atoms with E-state index < -0.39 is 10.1 Å². The molecule has 0 saturated heterocycles. The van der Waals surface area contributed by atoms with Crippen LogP contribution >= 0.6 is 35.6 Å². The summed E-state index contributed by atoms with van der Waals surface area (Å²) in [6.07, 6.45) is 11.5. The Morgan fingerprint density at radius 1 is 1.21 bits per heavy atom. The van der Waals surface area contributed by atoms with Gasteiger partial charge in [-0.25, -0.2) is 0 Å². The summed E-state index contributed by atoms with van der Waals surface area (Å²) in [5.41, 5.74) is 0. The van der Waals surface area contributed by atoms with Crippen molar-refractivity contribution < 1.29 is 9.53 Å². The van der Waals surface area contributed by atoms with E-state index in [9.17, 15) is 4.79 Å². The topological polar surface area (TPSA) is 29.5 Å². The molecule has 0 aliphatic heterocycles. The maximum atomic E-state index is 11.2. The third-order valence-corrected chi connectivity index (χ3v) is 4.87. The predicted octanol–water partition coefficient (Wildman–Crippen LogP) is 5.30. The Labute approximate surface area is 162 Å². The maximum absolute atomic E-state index is 11.2. The van der Waals surface area contributed by atoms with Gasteiger partial charge in [0.25, 0.3) is 0 Å². The minimum atomic E-state index is -1.11. The highest BCUT2D eigenvalue weighted by atomic mass is 35.5. The Morgan fingerprint density at radius 2 is 1.79 bits per heavy atom. The molecule has 0 radical (unpaired) electrons. The Bertz CT molecular complexity index is 418. The van der Waals surface area contributed by atoms with Gasteiger partial charge < -0.3 is 9.64 Å². The number of alkyl halides is 1. The standard InChI is InChI=1S/C18H29Cl2NO2.ClH/c1-3-5-12-21(13-6-4-2)14-7-15-23-16-8-10-18(20,11-9-16)17(19)22;/h8-10H,3-7,11-15H2,1-2H3;1H. The van der Waals surface area contributed by atoms with Gasteiger partial charge in [0.15, 0.2) is 0 Å². The second-order valence-electron chi connectivity index (χ2n) is 6.03. The number of halogens is 3. The van der Waals surface area contributed by atoms with E-state index in [1.807, 2.05) is 6.08 Å². The molecule has 0 heterocycles. The molecule has 0 saturated carbocycles. The van der Waals surface area contributed by atoms with Gasteiger partial charge in [-0.05, 0) is 56.1 Å². The van der Waals surface area contributed by atoms with Gasteiger partial charge in [0.2, 0.25) is 5.24 Å². The molecule has 0 spiro atoms. The van der Waals surface area contributed by atoms with Gasteiger partial charge in [-0.2, -0.15) is 0 Å². The van der Waals surface area contributed by atoms with Crippen molar-refractivity contribution in [2.45, 2.75) is 57.2 Å². The van der Waals surface area contributed by atoms with Crippen LogP contribution in [0, 0.1) is 0 Å². The Balaban J connectivity index is 0.00000529. The van der Waals surface area contributed by atoms with Crippen molar-refractivity contribution in [2.24, 2.45) is 0 Å². The van der Waals surface area contributed by atoms with E-state index in [4.69, 9.17) is 27.9 Å². The molecule has 1 aliphatic rings. The first-order valence-electron chi connectivity index (χ1n) is 8.65. The molecule has 0 aromatic heterocycles. The average molecular weight is 399 g/mol. The lowest BCUT2D eigenvalue weighted by atomic mass is 10.0. The van der Waals surface area contributed by atoms with Gasteiger partial charge in [-0.15, -0.1) is 24.0 Å². The number of ether oxygens (including phenoxy) is 1. The van der Waals surface area contributed by atoms with Crippen LogP contribution in [-0.2, 0) is 9.53 Å². The Morgan fingerprint density at radius 3 is 2.25 bits per heavy atom. The summed E-state index contributed by atoms with van der Waals surface area (Å²) in [6.45, 7) is 8.54. The molecule has 1 aliphatic carbocycles. The lowest BCUT2D eigenvalue weighted by molar-refractivity contribution is -0.113. The third-order valence-electron chi connectivity index (χ3n) is 3.98. The summed E-state index contributed by atoms with van der Waals surface area (Å²) < 4.78 is 5.75. The van der Waals surface area contributed by atoms with E-state index in [-0.39, 0.29) is 12.4 Å². The first-order valence-corrected chi connectivity index (χ1v) is 9.40. The van der Waals surface area contributed by atoms with Crippen molar-refractivity contribution in [3.8, 4) is 0 Å². The van der Waals surface area contributed by atoms with Crippen LogP contribution in [0.3, 0.4) is 0 Å². The second kappa shape index (κ2) is 13.0. The van der Waals surface area contributed by atoms with Gasteiger partial charge >= 0.3 is 0 Å². The minimum Gasteiger partial charge on any atom is -0.494 e. The minimum absolute atomic E-state index is 0. The van der Waals surface area contributed by atoms with E-state index in [0.717, 1.165) is 18.7 Å². The average Bonchev–Trinajstić information content (AvgIpc) is 2.54. The molecule has 140 valence electrons. The number of hydrogen-bond acceptors (Lipinski definition) is 3. The lowest BCUT2D eigenvalue weighted by Gasteiger charge is -2.23. The number of allylic oxidation sites excluding steroid dienone is 3. The zero-order chi connectivity index (χ0) is 17.1. The van der Waals surface area contributed by atoms with Crippen LogP contribution in [-0.4, -0.2) is 41.3 Å². The molecule has 24 heavy (non-hydrogen) atoms. The molecule has 1 atom stereocenters. The highest BCUT2D eigenvalue weighted by Crippen LogP contribution is 2.30. The van der Waals surface area contributed by atoms with Gasteiger partial charge in [0.05, 0.1) is 6.61 Å². The fourth-order valence-electron chi connectivity index (χ4n) is 2.43. The van der Waals surface area contributed by atoms with E-state index >= 15 is 0 Å². The van der Waals surface area contributed by atoms with Crippen molar-refractivity contribution in [3.05, 3.63) is 24.0 Å². The van der Waals surface area contributed by atoms with Gasteiger partial charge in [0, 0.05) is 13.0 Å². The first kappa shape index (κ1) is 23.8. The summed E-state index contributed by atoms with van der Waals surface area (Å²) in [4.78, 5) is 12.7. The SMILES string of the molecule is CCCCN(CCCC)CCCOC1=CCC(Cl)(C(=O)Cl)C=C1.Cl. The quantitative estimate of drug-likeness (QED) is 0.254. The van der Waals surface area contributed by atoms with Gasteiger partial charge in [-0.1, -0.05) is 32.8 Å². The Kier molecular flexibility index (Phi) is 12.9. The third kappa shape index (κ3) is 8.75. The van der Waals surface area contributed by atoms with Crippen LogP contribution in [0.1, 0.15) is 52.4 Å². The highest BCUT2D eigenvalue weighted by Gasteiger charge is 2.32. The molecule has 0 fully saturated rings. The van der Waals surface area contributed by atoms with E-state index in [2.05, 4.69) is 18.7 Å². The molecule has 0 bridgehead atoms. The fourth-order valence-corrected chi connectivity index (χ4v) is 2.71. The van der Waals surface area contributed by atoms with Crippen molar-refractivity contribution in [3.63, 3.8) is 0 Å². The first-order chi connectivity index (χ1) is 11.0. The number of unbranched alkanes of at least 4 members (excludes halogenated alkanes) is 2. The molecular formula is C18H30Cl3NO2. The smallest absolute Gasteiger partial charge is 0.246 e. The monoisotopic (exact) mass is 397 g/mol. The van der Waals surface area contributed by atoms with Crippen LogP contribution in [0.25, 0.3) is 0 Å². The molecule has 0 N–H and O–H groups in total. The maximum Gasteiger partial charge on any atom is 0.246 e. The zero-order valence-electron chi connectivity index (χ0n) is 14.7. The second-order valence-corrected chi connectivity index (χ2v) is 7.05. The largest absolute Gasteiger partial charge is 0.494 e. The zero-order valence-corrected chi connectivity index (χ0v) is 17.1. The van der Waals surface area contributed by atoms with Gasteiger partial charge in [-0.3, -0.25) is 4.79 Å². The van der Waals surface area contributed by atoms with Crippen LogP contribution in [0.15, 0.2) is 24.0 Å². The summed E-state index contributed by atoms with van der Waals surface area (Å²) in [6, 6.07) is 0. The molecule has 0 aromatic carbocycles. The number of carbonyl (C=O) groups is 1. The molecule has 1 unspecified atom stereocenters. The normalized spacial score (nSPS) is 19.8. The van der Waals surface area contributed by atoms with E-state index in [1.165, 1.54) is 38.8 Å². The van der Waals surface area contributed by atoms with Crippen LogP contribution in [0.2, 0.25) is 0 Å². The fraction of sp³-hybridized carbons (Fsp3) is 0.722. The molecule has 0 amide bonds. The highest BCUT2D eigenvalue weighted by molar-refractivity contribution is 6.71. The van der Waals surface area contributed by atoms with Crippen molar-refractivity contribution in [1.29, 1.82) is 0 Å². The number of nitrogens with zero attached hydrogens (tertiary/aromatic N) is 1. The summed E-state index contributed by atoms with van der Waals surface area (Å²) >= 11 is 11.6. The summed E-state index contributed by atoms with van der Waals surface area (Å²) in [5.74, 6) is 0.771. The van der Waals surface area contributed by atoms with Crippen LogP contribution in [0.5, 0.6) is 0 Å². The van der Waals surface area contributed by atoms with E-state index in [0.29, 0.717) is 13.0 Å². The van der Waals surface area contributed by atoms with Gasteiger partial charge in [0.1, 0.15) is 10.6 Å². The van der Waals surface area contributed by atoms with Crippen molar-refractivity contribution >= 4 is 40.9 Å². The molecule has 3 nitrogen and oxygen atoms in total. The van der Waals surface area contributed by atoms with Crippen molar-refractivity contribution in [2.75, 3.05) is 26.2 Å². The summed E-state index contributed by atoms with van der Waals surface area (Å²) in [5, 5.41) is -0.548. The molecule has 6 heteroatoms. The molecular weight excluding hydrogens is 369 g/mol. The number of carbonyl (C=O) groups excluding carboxylic acids is 1. The van der Waals surface area contributed by atoms with Crippen LogP contribution < -0.4 is 0 Å². The molecule has 1 rings (SSSR count). The molecule has 0 aromatic rings. The number of hydrogen-bond donors (Lipinski definition) is 0. The summed E-state index contributed by atoms with van der Waals surface area (Å²) in [7, 11) is 0. The van der Waals surface area contributed by atoms with E-state index in [1.54, 1.807) is 12.2 Å². The lowest BCUT2D eigenvalue weighted by Crippen LogP contribution is -2.28. The Hall–Kier alpha value is -0.220. The number of rotatable bonds is 12. The van der Waals surface area contributed by atoms with Crippen molar-refractivity contribution in [1.82, 2.24) is 4.90 Å².